The van der Waals surface area contributed by atoms with Gasteiger partial charge >= 0.3 is 11.9 Å². The summed E-state index contributed by atoms with van der Waals surface area (Å²) in [5.74, 6) is -3.60. The van der Waals surface area contributed by atoms with Crippen LogP contribution in [0.3, 0.4) is 0 Å². The molecule has 67 heavy (non-hydrogen) atoms. The fourth-order valence-electron chi connectivity index (χ4n) is 6.03. The lowest BCUT2D eigenvalue weighted by Gasteiger charge is -2.19. The molecule has 0 aliphatic heterocycles. The first-order chi connectivity index (χ1) is 31.1. The number of carbonyl (C=O) groups excluding carboxylic acids is 3. The number of amides is 2. The molecular formula is C49H44Cl4F2N4O6S2. The minimum absolute atomic E-state index is 0. The molecule has 6 rings (SSSR count). The molecule has 18 heteroatoms. The summed E-state index contributed by atoms with van der Waals surface area (Å²) in [6.45, 7) is 0. The van der Waals surface area contributed by atoms with Crippen molar-refractivity contribution in [2.45, 2.75) is 39.8 Å². The lowest BCUT2D eigenvalue weighted by atomic mass is 10.0. The third kappa shape index (κ3) is 15.5. The second-order valence-electron chi connectivity index (χ2n) is 13.8. The van der Waals surface area contributed by atoms with E-state index >= 15 is 0 Å². The highest BCUT2D eigenvalue weighted by molar-refractivity contribution is 7.81. The molecule has 6 aromatic carbocycles. The van der Waals surface area contributed by atoms with E-state index < -0.39 is 47.5 Å². The van der Waals surface area contributed by atoms with Crippen LogP contribution in [0.25, 0.3) is 0 Å². The van der Waals surface area contributed by atoms with Crippen molar-refractivity contribution in [1.29, 1.82) is 0 Å². The standard InChI is InChI=1S/C24H19Cl2FN2O3S.C23H17Cl2FN2O3S.2CH4/c1-32-24(31)20(29-23(33)16-5-2-3-8-19(16)27)13-14-9-11-15(12-10-14)28-22(30)21-17(25)6-4-7-18(21)26;24-16-5-3-6-17(25)20(16)21(29)27-14-10-8-13(9-11-14)12-19(23(30)31)28-22(32)15-4-1-2-7-18(15)26;;/h2-12,20H,13H2,1H3,(H,28,30)(H,29,33);1-11,19H,12H2,(H,27,29)(H,28,32)(H,30,31);2*1H4. The SMILES string of the molecule is C.C.COC(=O)C(Cc1ccc(NC(=O)c2c(Cl)cccc2Cl)cc1)NC(=S)c1ccccc1F.O=C(Nc1ccc(CC(NC(=S)c2ccccc2F)C(=O)O)cc1)c1c(Cl)cccc1Cl. The molecule has 0 spiro atoms. The van der Waals surface area contributed by atoms with Gasteiger partial charge in [-0.15, -0.1) is 0 Å². The molecular weight excluding hydrogens is 985 g/mol. The highest BCUT2D eigenvalue weighted by atomic mass is 35.5. The fourth-order valence-corrected chi connectivity index (χ4v) is 7.79. The smallest absolute Gasteiger partial charge is 0.328 e. The molecule has 0 radical (unpaired) electrons. The number of carboxylic acid groups (broad SMARTS) is 1. The molecule has 5 N–H and O–H groups in total. The first kappa shape index (κ1) is 55.3. The number of methoxy groups -OCH3 is 1. The summed E-state index contributed by atoms with van der Waals surface area (Å²) in [4.78, 5) is 49.1. The molecule has 0 heterocycles. The summed E-state index contributed by atoms with van der Waals surface area (Å²) in [5, 5.41) is 21.5. The summed E-state index contributed by atoms with van der Waals surface area (Å²) < 4.78 is 32.8. The second kappa shape index (κ2) is 26.4. The first-order valence-corrected chi connectivity index (χ1v) is 21.5. The number of rotatable bonds is 14. The lowest BCUT2D eigenvalue weighted by molar-refractivity contribution is -0.142. The van der Waals surface area contributed by atoms with Crippen LogP contribution >= 0.6 is 70.8 Å². The minimum Gasteiger partial charge on any atom is -0.480 e. The van der Waals surface area contributed by atoms with Crippen molar-refractivity contribution >= 4 is 116 Å². The predicted octanol–water partition coefficient (Wildman–Crippen LogP) is 12.1. The van der Waals surface area contributed by atoms with Crippen LogP contribution in [0.2, 0.25) is 20.1 Å². The topological polar surface area (TPSA) is 146 Å². The van der Waals surface area contributed by atoms with Crippen LogP contribution < -0.4 is 21.3 Å². The average molecular weight is 1030 g/mol. The number of thiocarbonyl (C=S) groups is 2. The number of hydrogen-bond donors (Lipinski definition) is 5. The Morgan fingerprint density at radius 3 is 1.24 bits per heavy atom. The predicted molar refractivity (Wildman–Crippen MR) is 272 cm³/mol. The Morgan fingerprint density at radius 2 is 0.896 bits per heavy atom. The van der Waals surface area contributed by atoms with Crippen LogP contribution in [-0.2, 0) is 27.2 Å². The number of anilines is 2. The van der Waals surface area contributed by atoms with E-state index in [2.05, 4.69) is 21.3 Å². The highest BCUT2D eigenvalue weighted by Gasteiger charge is 2.24. The summed E-state index contributed by atoms with van der Waals surface area (Å²) in [5.41, 5.74) is 3.11. The average Bonchev–Trinajstić information content (AvgIpc) is 3.27. The zero-order valence-electron chi connectivity index (χ0n) is 33.8. The number of halogens is 6. The molecule has 0 fully saturated rings. The van der Waals surface area contributed by atoms with Gasteiger partial charge < -0.3 is 31.1 Å². The molecule has 2 amide bonds. The van der Waals surface area contributed by atoms with Crippen LogP contribution in [0.15, 0.2) is 133 Å². The number of benzene rings is 6. The van der Waals surface area contributed by atoms with Gasteiger partial charge in [0.05, 0.1) is 38.3 Å². The molecule has 2 atom stereocenters. The van der Waals surface area contributed by atoms with Gasteiger partial charge in [0.15, 0.2) is 0 Å². The minimum atomic E-state index is -1.13. The maximum atomic E-state index is 14.0. The Labute approximate surface area is 417 Å². The monoisotopic (exact) mass is 1030 g/mol. The van der Waals surface area contributed by atoms with Crippen molar-refractivity contribution < 1.29 is 37.8 Å². The largest absolute Gasteiger partial charge is 0.480 e. The van der Waals surface area contributed by atoms with Crippen molar-refractivity contribution in [3.63, 3.8) is 0 Å². The van der Waals surface area contributed by atoms with E-state index in [0.29, 0.717) is 16.9 Å². The molecule has 0 aliphatic carbocycles. The van der Waals surface area contributed by atoms with Crippen LogP contribution in [-0.4, -0.2) is 58.0 Å². The van der Waals surface area contributed by atoms with Gasteiger partial charge in [-0.3, -0.25) is 9.59 Å². The maximum Gasteiger partial charge on any atom is 0.328 e. The fraction of sp³-hybridized carbons (Fsp3) is 0.143. The summed E-state index contributed by atoms with van der Waals surface area (Å²) in [6, 6.07) is 33.1. The molecule has 6 aromatic rings. The Morgan fingerprint density at radius 1 is 0.552 bits per heavy atom. The summed E-state index contributed by atoms with van der Waals surface area (Å²) >= 11 is 34.7. The van der Waals surface area contributed by atoms with Gasteiger partial charge in [0.1, 0.15) is 33.7 Å². The third-order valence-electron chi connectivity index (χ3n) is 9.31. The highest BCUT2D eigenvalue weighted by Crippen LogP contribution is 2.27. The van der Waals surface area contributed by atoms with Gasteiger partial charge in [0, 0.05) is 35.3 Å². The molecule has 0 saturated heterocycles. The number of esters is 1. The zero-order valence-corrected chi connectivity index (χ0v) is 38.5. The third-order valence-corrected chi connectivity index (χ3v) is 11.2. The van der Waals surface area contributed by atoms with Gasteiger partial charge in [0.2, 0.25) is 0 Å². The van der Waals surface area contributed by atoms with E-state index in [0.717, 1.165) is 5.56 Å². The van der Waals surface area contributed by atoms with E-state index in [4.69, 9.17) is 75.6 Å². The van der Waals surface area contributed by atoms with Crippen molar-refractivity contribution in [1.82, 2.24) is 10.6 Å². The summed E-state index contributed by atoms with van der Waals surface area (Å²) in [6.07, 6.45) is 0.320. The number of hydrogen-bond acceptors (Lipinski definition) is 7. The van der Waals surface area contributed by atoms with Crippen LogP contribution in [0.5, 0.6) is 0 Å². The Hall–Kier alpha value is -6.00. The number of ether oxygens (including phenoxy) is 1. The van der Waals surface area contributed by atoms with Gasteiger partial charge in [0.25, 0.3) is 11.8 Å². The Balaban J connectivity index is 0.000000345. The van der Waals surface area contributed by atoms with Crippen molar-refractivity contribution in [3.05, 3.63) is 199 Å². The van der Waals surface area contributed by atoms with Gasteiger partial charge in [-0.25, -0.2) is 18.4 Å². The lowest BCUT2D eigenvalue weighted by Crippen LogP contribution is -2.42. The molecule has 0 saturated carbocycles. The quantitative estimate of drug-likeness (QED) is 0.0528. The van der Waals surface area contributed by atoms with Gasteiger partial charge in [-0.2, -0.15) is 0 Å². The van der Waals surface area contributed by atoms with E-state index in [-0.39, 0.29) is 80.0 Å². The number of carboxylic acids is 1. The molecule has 350 valence electrons. The van der Waals surface area contributed by atoms with Gasteiger partial charge in [-0.1, -0.05) is 146 Å². The Kier molecular flexibility index (Phi) is 21.8. The van der Waals surface area contributed by atoms with E-state index in [1.165, 1.54) is 37.4 Å². The number of aliphatic carboxylic acids is 1. The van der Waals surface area contributed by atoms with Crippen LogP contribution in [0.4, 0.5) is 20.2 Å². The zero-order chi connectivity index (χ0) is 47.2. The normalized spacial score (nSPS) is 11.1. The maximum absolute atomic E-state index is 14.0. The van der Waals surface area contributed by atoms with E-state index in [1.54, 1.807) is 103 Å². The Bertz CT molecular complexity index is 2690. The molecule has 0 aliphatic rings. The van der Waals surface area contributed by atoms with E-state index in [9.17, 15) is 33.1 Å². The second-order valence-corrected chi connectivity index (χ2v) is 16.2. The van der Waals surface area contributed by atoms with Crippen LogP contribution in [0.1, 0.15) is 57.8 Å². The number of carbonyl (C=O) groups is 4. The number of nitrogens with one attached hydrogen (secondary N) is 4. The molecule has 2 unspecified atom stereocenters. The first-order valence-electron chi connectivity index (χ1n) is 19.2. The van der Waals surface area contributed by atoms with Crippen molar-refractivity contribution in [2.75, 3.05) is 17.7 Å². The molecule has 0 aromatic heterocycles. The molecule has 0 bridgehead atoms. The van der Waals surface area contributed by atoms with E-state index in [1.807, 2.05) is 0 Å². The summed E-state index contributed by atoms with van der Waals surface area (Å²) in [7, 11) is 1.27. The van der Waals surface area contributed by atoms with Crippen LogP contribution in [0, 0.1) is 11.6 Å². The van der Waals surface area contributed by atoms with Crippen molar-refractivity contribution in [2.24, 2.45) is 0 Å². The molecule has 10 nitrogen and oxygen atoms in total. The van der Waals surface area contributed by atoms with Gasteiger partial charge in [-0.05, 0) is 83.9 Å². The van der Waals surface area contributed by atoms with Crippen molar-refractivity contribution in [3.8, 4) is 0 Å².